The highest BCUT2D eigenvalue weighted by molar-refractivity contribution is 6.01. The van der Waals surface area contributed by atoms with Gasteiger partial charge in [0.25, 0.3) is 5.91 Å². The van der Waals surface area contributed by atoms with Gasteiger partial charge in [0.1, 0.15) is 11.6 Å². The first-order chi connectivity index (χ1) is 12.0. The number of amides is 3. The van der Waals surface area contributed by atoms with E-state index in [4.69, 9.17) is 4.42 Å². The third-order valence-electron chi connectivity index (χ3n) is 4.54. The van der Waals surface area contributed by atoms with E-state index < -0.39 is 11.9 Å². The summed E-state index contributed by atoms with van der Waals surface area (Å²) in [6.07, 6.45) is 1.55. The number of carbonyl (C=O) groups excluding carboxylic acids is 2. The van der Waals surface area contributed by atoms with Crippen molar-refractivity contribution >= 4 is 11.9 Å². The smallest absolute Gasteiger partial charge is 0.322 e. The molecule has 0 bridgehead atoms. The molecular formula is C18H16FN3O3. The molecule has 0 spiro atoms. The zero-order valence-electron chi connectivity index (χ0n) is 13.5. The Morgan fingerprint density at radius 3 is 2.84 bits per heavy atom. The van der Waals surface area contributed by atoms with Gasteiger partial charge in [0.05, 0.1) is 36.7 Å². The molecule has 128 valence electrons. The molecule has 0 unspecified atom stereocenters. The Morgan fingerprint density at radius 2 is 2.12 bits per heavy atom. The molecule has 1 aromatic carbocycles. The Bertz CT molecular complexity index is 875. The number of hydrogen-bond acceptors (Lipinski definition) is 3. The van der Waals surface area contributed by atoms with Gasteiger partial charge in [-0.1, -0.05) is 12.1 Å². The molecule has 0 saturated heterocycles. The van der Waals surface area contributed by atoms with E-state index in [0.717, 1.165) is 0 Å². The van der Waals surface area contributed by atoms with E-state index in [0.29, 0.717) is 35.7 Å². The van der Waals surface area contributed by atoms with Gasteiger partial charge in [0.15, 0.2) is 0 Å². The van der Waals surface area contributed by atoms with Gasteiger partial charge < -0.3 is 14.6 Å². The maximum Gasteiger partial charge on any atom is 0.322 e. The van der Waals surface area contributed by atoms with Crippen LogP contribution in [-0.2, 0) is 11.3 Å². The van der Waals surface area contributed by atoms with Crippen molar-refractivity contribution < 1.29 is 18.4 Å². The Labute approximate surface area is 143 Å². The van der Waals surface area contributed by atoms with Crippen LogP contribution in [0.2, 0.25) is 0 Å². The second-order valence-electron chi connectivity index (χ2n) is 6.10. The van der Waals surface area contributed by atoms with Crippen molar-refractivity contribution in [3.63, 3.8) is 0 Å². The molecule has 6 nitrogen and oxygen atoms in total. The summed E-state index contributed by atoms with van der Waals surface area (Å²) in [5.41, 5.74) is 1.65. The summed E-state index contributed by atoms with van der Waals surface area (Å²) in [5, 5.41) is 2.78. The number of urea groups is 1. The van der Waals surface area contributed by atoms with E-state index >= 15 is 0 Å². The van der Waals surface area contributed by atoms with Crippen LogP contribution in [0.15, 0.2) is 58.3 Å². The Kier molecular flexibility index (Phi) is 3.56. The van der Waals surface area contributed by atoms with Crippen molar-refractivity contribution in [2.24, 2.45) is 0 Å². The fourth-order valence-corrected chi connectivity index (χ4v) is 3.28. The van der Waals surface area contributed by atoms with Crippen LogP contribution in [0, 0.1) is 5.82 Å². The van der Waals surface area contributed by atoms with Gasteiger partial charge in [-0.05, 0) is 29.8 Å². The standard InChI is InChI=1S/C18H16FN3O3/c1-21-14-10-22(9-13-6-3-7-25-13)17(23)15(14)16(20-18(21)24)11-4-2-5-12(19)8-11/h2-8,16H,9-10H2,1H3,(H,20,24)/t16-/m0/s1. The summed E-state index contributed by atoms with van der Waals surface area (Å²) >= 11 is 0. The normalized spacial score (nSPS) is 20.2. The van der Waals surface area contributed by atoms with Gasteiger partial charge in [-0.15, -0.1) is 0 Å². The number of nitrogens with one attached hydrogen (secondary N) is 1. The second-order valence-corrected chi connectivity index (χ2v) is 6.10. The minimum absolute atomic E-state index is 0.187. The van der Waals surface area contributed by atoms with E-state index in [1.165, 1.54) is 17.0 Å². The molecule has 1 atom stereocenters. The molecule has 2 aliphatic heterocycles. The maximum atomic E-state index is 13.6. The van der Waals surface area contributed by atoms with E-state index in [2.05, 4.69) is 5.32 Å². The van der Waals surface area contributed by atoms with Gasteiger partial charge in [0, 0.05) is 7.05 Å². The minimum atomic E-state index is -0.663. The van der Waals surface area contributed by atoms with Crippen molar-refractivity contribution in [1.29, 1.82) is 0 Å². The quantitative estimate of drug-likeness (QED) is 0.932. The lowest BCUT2D eigenvalue weighted by molar-refractivity contribution is -0.126. The summed E-state index contributed by atoms with van der Waals surface area (Å²) in [6, 6.07) is 8.50. The van der Waals surface area contributed by atoms with Crippen LogP contribution in [0.3, 0.4) is 0 Å². The second kappa shape index (κ2) is 5.77. The first-order valence-corrected chi connectivity index (χ1v) is 7.89. The number of halogens is 1. The topological polar surface area (TPSA) is 65.8 Å². The highest BCUT2D eigenvalue weighted by Crippen LogP contribution is 2.36. The van der Waals surface area contributed by atoms with E-state index in [1.807, 2.05) is 0 Å². The number of furan rings is 1. The lowest BCUT2D eigenvalue weighted by Gasteiger charge is -2.31. The molecule has 0 fully saturated rings. The van der Waals surface area contributed by atoms with Crippen molar-refractivity contribution in [2.75, 3.05) is 13.6 Å². The van der Waals surface area contributed by atoms with Crippen LogP contribution < -0.4 is 5.32 Å². The fourth-order valence-electron chi connectivity index (χ4n) is 3.28. The zero-order chi connectivity index (χ0) is 17.6. The first-order valence-electron chi connectivity index (χ1n) is 7.89. The molecule has 2 aliphatic rings. The van der Waals surface area contributed by atoms with Crippen LogP contribution in [0.25, 0.3) is 0 Å². The summed E-state index contributed by atoms with van der Waals surface area (Å²) in [5.74, 6) is 0.0654. The minimum Gasteiger partial charge on any atom is -0.467 e. The van der Waals surface area contributed by atoms with Gasteiger partial charge in [-0.3, -0.25) is 9.69 Å². The fraction of sp³-hybridized carbons (Fsp3) is 0.222. The average molecular weight is 341 g/mol. The third kappa shape index (κ3) is 2.57. The van der Waals surface area contributed by atoms with Crippen molar-refractivity contribution in [2.45, 2.75) is 12.6 Å². The van der Waals surface area contributed by atoms with Crippen LogP contribution in [-0.4, -0.2) is 35.3 Å². The van der Waals surface area contributed by atoms with Crippen molar-refractivity contribution in [1.82, 2.24) is 15.1 Å². The van der Waals surface area contributed by atoms with Gasteiger partial charge in [0.2, 0.25) is 0 Å². The molecule has 3 amide bonds. The summed E-state index contributed by atoms with van der Waals surface area (Å²) in [6.45, 7) is 0.626. The SMILES string of the molecule is CN1C(=O)N[C@@H](c2cccc(F)c2)C2=C1CN(Cc1ccco1)C2=O. The van der Waals surface area contributed by atoms with Crippen molar-refractivity contribution in [3.8, 4) is 0 Å². The molecule has 1 N–H and O–H groups in total. The molecule has 0 saturated carbocycles. The lowest BCUT2D eigenvalue weighted by Crippen LogP contribution is -2.45. The monoisotopic (exact) mass is 341 g/mol. The number of carbonyl (C=O) groups is 2. The number of nitrogens with zero attached hydrogens (tertiary/aromatic N) is 2. The van der Waals surface area contributed by atoms with E-state index in [-0.39, 0.29) is 11.9 Å². The maximum absolute atomic E-state index is 13.6. The lowest BCUT2D eigenvalue weighted by atomic mass is 9.96. The van der Waals surface area contributed by atoms with Crippen molar-refractivity contribution in [3.05, 3.63) is 71.1 Å². The molecule has 0 aliphatic carbocycles. The predicted octanol–water partition coefficient (Wildman–Crippen LogP) is 2.41. The highest BCUT2D eigenvalue weighted by Gasteiger charge is 2.43. The third-order valence-corrected chi connectivity index (χ3v) is 4.54. The highest BCUT2D eigenvalue weighted by atomic mass is 19.1. The molecular weight excluding hydrogens is 325 g/mol. The Morgan fingerprint density at radius 1 is 1.28 bits per heavy atom. The largest absolute Gasteiger partial charge is 0.467 e. The average Bonchev–Trinajstić information content (AvgIpc) is 3.21. The molecule has 4 rings (SSSR count). The van der Waals surface area contributed by atoms with E-state index in [1.54, 1.807) is 42.5 Å². The molecule has 0 radical (unpaired) electrons. The van der Waals surface area contributed by atoms with E-state index in [9.17, 15) is 14.0 Å². The summed E-state index contributed by atoms with van der Waals surface area (Å²) in [7, 11) is 1.62. The van der Waals surface area contributed by atoms with Gasteiger partial charge in [-0.25, -0.2) is 9.18 Å². The van der Waals surface area contributed by atoms with Gasteiger partial charge in [-0.2, -0.15) is 0 Å². The van der Waals surface area contributed by atoms with Crippen LogP contribution in [0.4, 0.5) is 9.18 Å². The summed E-state index contributed by atoms with van der Waals surface area (Å²) in [4.78, 5) is 28.3. The number of rotatable bonds is 3. The Balaban J connectivity index is 1.70. The van der Waals surface area contributed by atoms with Crippen LogP contribution in [0.5, 0.6) is 0 Å². The Hall–Kier alpha value is -3.09. The predicted molar refractivity (Wildman–Crippen MR) is 86.6 cm³/mol. The van der Waals surface area contributed by atoms with Crippen LogP contribution >= 0.6 is 0 Å². The summed E-state index contributed by atoms with van der Waals surface area (Å²) < 4.78 is 18.9. The van der Waals surface area contributed by atoms with Crippen LogP contribution in [0.1, 0.15) is 17.4 Å². The van der Waals surface area contributed by atoms with Gasteiger partial charge >= 0.3 is 6.03 Å². The first kappa shape index (κ1) is 15.4. The number of likely N-dealkylation sites (N-methyl/N-ethyl adjacent to an activating group) is 1. The molecule has 7 heteroatoms. The number of hydrogen-bond donors (Lipinski definition) is 1. The molecule has 1 aromatic heterocycles. The number of benzene rings is 1. The molecule has 3 heterocycles. The molecule has 2 aromatic rings. The molecule has 25 heavy (non-hydrogen) atoms. The zero-order valence-corrected chi connectivity index (χ0v) is 13.5.